The highest BCUT2D eigenvalue weighted by Crippen LogP contribution is 2.65. The summed E-state index contributed by atoms with van der Waals surface area (Å²) >= 11 is 0. The lowest BCUT2D eigenvalue weighted by atomic mass is 10.3. The van der Waals surface area contributed by atoms with Crippen molar-refractivity contribution in [3.8, 4) is 0 Å². The zero-order valence-corrected chi connectivity index (χ0v) is 26.3. The summed E-state index contributed by atoms with van der Waals surface area (Å²) in [6.07, 6.45) is 11.1. The first-order chi connectivity index (χ1) is 17.3. The van der Waals surface area contributed by atoms with Gasteiger partial charge in [-0.25, -0.2) is 4.79 Å². The molecule has 0 aromatic rings. The second-order valence-electron chi connectivity index (χ2n) is 8.96. The number of amides is 1. The highest BCUT2D eigenvalue weighted by molar-refractivity contribution is 7.76. The Hall–Kier alpha value is -0.418. The van der Waals surface area contributed by atoms with Gasteiger partial charge in [-0.05, 0) is 46.5 Å². The van der Waals surface area contributed by atoms with E-state index in [1.165, 1.54) is 57.0 Å². The molecule has 0 aliphatic carbocycles. The monoisotopic (exact) mass is 581 g/mol. The van der Waals surface area contributed by atoms with E-state index in [0.717, 1.165) is 0 Å². The second-order valence-corrected chi connectivity index (χ2v) is 16.2. The van der Waals surface area contributed by atoms with Crippen LogP contribution >= 0.6 is 7.26 Å². The van der Waals surface area contributed by atoms with Crippen LogP contribution in [0.15, 0.2) is 0 Å². The number of nitrogens with one attached hydrogen (secondary N) is 1. The van der Waals surface area contributed by atoms with Crippen LogP contribution in [-0.2, 0) is 18.0 Å². The third kappa shape index (κ3) is 17.0. The molecule has 0 saturated heterocycles. The predicted molar refractivity (Wildman–Crippen MR) is 150 cm³/mol. The molecule has 0 aromatic carbocycles. The quantitative estimate of drug-likeness (QED) is 0.0893. The van der Waals surface area contributed by atoms with Crippen LogP contribution in [0.3, 0.4) is 0 Å². The molecule has 2 unspecified atom stereocenters. The van der Waals surface area contributed by atoms with Gasteiger partial charge in [0.2, 0.25) is 5.85 Å². The maximum Gasteiger partial charge on any atom is 0.673 e. The van der Waals surface area contributed by atoms with E-state index in [9.17, 15) is 22.1 Å². The third-order valence-corrected chi connectivity index (χ3v) is 14.8. The smallest absolute Gasteiger partial charge is 0.418 e. The molecule has 1 N–H and O–H groups in total. The molecule has 0 rings (SSSR count). The highest BCUT2D eigenvalue weighted by atomic mass is 31.2. The van der Waals surface area contributed by atoms with E-state index >= 15 is 0 Å². The molecule has 0 bridgehead atoms. The Bertz CT molecular complexity index is 537. The van der Waals surface area contributed by atoms with Crippen LogP contribution in [0.4, 0.5) is 22.1 Å². The van der Waals surface area contributed by atoms with Crippen molar-refractivity contribution in [2.45, 2.75) is 112 Å². The van der Waals surface area contributed by atoms with E-state index < -0.39 is 23.3 Å². The first-order valence-corrected chi connectivity index (χ1v) is 18.2. The van der Waals surface area contributed by atoms with E-state index in [2.05, 4.69) is 33.0 Å². The van der Waals surface area contributed by atoms with Gasteiger partial charge in [0.1, 0.15) is 5.67 Å². The minimum absolute atomic E-state index is 0.0352. The molecule has 37 heavy (non-hydrogen) atoms. The number of hydrogen-bond donors (Lipinski definition) is 1. The predicted octanol–water partition coefficient (Wildman–Crippen LogP) is 8.14. The first-order valence-electron chi connectivity index (χ1n) is 14.0. The lowest BCUT2D eigenvalue weighted by molar-refractivity contribution is 0.0549. The third-order valence-electron chi connectivity index (χ3n) is 6.08. The number of alkyl carbamates (subject to hydrolysis) is 1. The summed E-state index contributed by atoms with van der Waals surface area (Å²) < 4.78 is 63.2. The molecule has 0 radical (unpaired) electrons. The number of carbonyl (C=O) groups excluding carboxylic acids is 1. The average molecular weight is 582 g/mol. The zero-order chi connectivity index (χ0) is 29.0. The van der Waals surface area contributed by atoms with Crippen molar-refractivity contribution < 1.29 is 40.1 Å². The highest BCUT2D eigenvalue weighted by Gasteiger charge is 2.50. The second kappa shape index (κ2) is 21.4. The first kappa shape index (κ1) is 38.7. The fraction of sp³-hybridized carbons (Fsp3) is 0.958. The van der Waals surface area contributed by atoms with Gasteiger partial charge in [-0.3, -0.25) is 0 Å². The van der Waals surface area contributed by atoms with Crippen LogP contribution in [0.2, 0.25) is 0 Å². The number of unbranched alkanes of at least 4 members (excludes halogenated alkanes) is 3. The Morgan fingerprint density at radius 1 is 0.784 bits per heavy atom. The van der Waals surface area contributed by atoms with Crippen LogP contribution < -0.4 is 5.32 Å². The number of rotatable bonds is 20. The molecule has 13 heteroatoms. The van der Waals surface area contributed by atoms with E-state index in [1.54, 1.807) is 0 Å². The molecule has 0 aromatic heterocycles. The standard InChI is InChI=1S/C24H52NO5PSi.BF4/c1-9-16-19-31(20-17-10-2,21-18-11-3)22(8)30-24(26)25-23(12-4)32(27-13-5,28-14-6)29-15-7;2-1(3,4)5/h22-23H,9-21H2,1-8H3;/q;-1/p+1. The van der Waals surface area contributed by atoms with Crippen LogP contribution in [0.25, 0.3) is 0 Å². The summed E-state index contributed by atoms with van der Waals surface area (Å²) in [5.41, 5.74) is -0.322. The average Bonchev–Trinajstić information content (AvgIpc) is 2.81. The Labute approximate surface area is 225 Å². The van der Waals surface area contributed by atoms with Crippen LogP contribution in [0.5, 0.6) is 0 Å². The zero-order valence-electron chi connectivity index (χ0n) is 24.4. The molecule has 0 fully saturated rings. The van der Waals surface area contributed by atoms with Gasteiger partial charge in [-0.15, -0.1) is 0 Å². The van der Waals surface area contributed by atoms with Crippen molar-refractivity contribution >= 4 is 29.4 Å². The Kier molecular flexibility index (Phi) is 22.4. The summed E-state index contributed by atoms with van der Waals surface area (Å²) in [7, 11) is -10.4. The van der Waals surface area contributed by atoms with Crippen LogP contribution in [0, 0.1) is 0 Å². The minimum Gasteiger partial charge on any atom is -0.418 e. The molecule has 2 atom stereocenters. The van der Waals surface area contributed by atoms with Gasteiger partial charge in [0.05, 0.1) is 25.7 Å². The van der Waals surface area contributed by atoms with Gasteiger partial charge >= 0.3 is 22.2 Å². The topological polar surface area (TPSA) is 66.0 Å². The fourth-order valence-corrected chi connectivity index (χ4v) is 12.0. The number of halogens is 4. The normalized spacial score (nSPS) is 13.9. The van der Waals surface area contributed by atoms with Crippen molar-refractivity contribution in [1.82, 2.24) is 5.32 Å². The van der Waals surface area contributed by atoms with Gasteiger partial charge in [-0.1, -0.05) is 47.0 Å². The SMILES string of the molecule is CCCC[P+](CCCC)(CCCC)C(C)OC(=O)NC(CC)[Si](OCC)(OCC)OCC.F[B-](F)(F)F. The van der Waals surface area contributed by atoms with Crippen molar-refractivity contribution in [2.24, 2.45) is 0 Å². The summed E-state index contributed by atoms with van der Waals surface area (Å²) in [4.78, 5) is 13.1. The van der Waals surface area contributed by atoms with E-state index in [1.807, 2.05) is 27.7 Å². The molecular formula is C24H53BF4NO5PSi. The van der Waals surface area contributed by atoms with Crippen molar-refractivity contribution in [1.29, 1.82) is 0 Å². The van der Waals surface area contributed by atoms with Gasteiger partial charge in [-0.2, -0.15) is 0 Å². The summed E-state index contributed by atoms with van der Waals surface area (Å²) in [6, 6.07) is 0. The Balaban J connectivity index is 0. The summed E-state index contributed by atoms with van der Waals surface area (Å²) in [5.74, 6) is -0.0352. The molecule has 0 aliphatic rings. The minimum atomic E-state index is -6.00. The largest absolute Gasteiger partial charge is 0.673 e. The van der Waals surface area contributed by atoms with Gasteiger partial charge in [0.25, 0.3) is 0 Å². The van der Waals surface area contributed by atoms with Gasteiger partial charge in [0.15, 0.2) is 0 Å². The van der Waals surface area contributed by atoms with Crippen molar-refractivity contribution in [3.05, 3.63) is 0 Å². The number of hydrogen-bond acceptors (Lipinski definition) is 5. The molecule has 0 aliphatic heterocycles. The maximum atomic E-state index is 13.1. The molecule has 0 heterocycles. The lowest BCUT2D eigenvalue weighted by Gasteiger charge is -2.36. The number of carbonyl (C=O) groups is 1. The molecular weight excluding hydrogens is 528 g/mol. The van der Waals surface area contributed by atoms with Crippen LogP contribution in [0.1, 0.15) is 100 Å². The maximum absolute atomic E-state index is 13.1. The molecule has 224 valence electrons. The van der Waals surface area contributed by atoms with Crippen molar-refractivity contribution in [2.75, 3.05) is 38.3 Å². The van der Waals surface area contributed by atoms with Gasteiger partial charge in [0, 0.05) is 26.7 Å². The lowest BCUT2D eigenvalue weighted by Crippen LogP contribution is -2.63. The van der Waals surface area contributed by atoms with Gasteiger partial charge < -0.3 is 40.6 Å². The molecule has 6 nitrogen and oxygen atoms in total. The van der Waals surface area contributed by atoms with Crippen molar-refractivity contribution in [3.63, 3.8) is 0 Å². The Morgan fingerprint density at radius 3 is 1.41 bits per heavy atom. The van der Waals surface area contributed by atoms with E-state index in [-0.39, 0.29) is 17.6 Å². The Morgan fingerprint density at radius 2 is 1.14 bits per heavy atom. The van der Waals surface area contributed by atoms with E-state index in [0.29, 0.717) is 26.2 Å². The number of ether oxygens (including phenoxy) is 1. The molecule has 0 spiro atoms. The molecule has 0 saturated carbocycles. The fourth-order valence-electron chi connectivity index (χ4n) is 4.21. The van der Waals surface area contributed by atoms with E-state index in [4.69, 9.17) is 18.0 Å². The summed E-state index contributed by atoms with van der Waals surface area (Å²) in [6.45, 7) is 18.1. The van der Waals surface area contributed by atoms with Crippen LogP contribution in [-0.4, -0.2) is 72.0 Å². The molecule has 1 amide bonds. The summed E-state index contributed by atoms with van der Waals surface area (Å²) in [5, 5.41) is 3.08.